The van der Waals surface area contributed by atoms with Crippen LogP contribution in [0.3, 0.4) is 0 Å². The van der Waals surface area contributed by atoms with Crippen LogP contribution >= 0.6 is 11.8 Å². The van der Waals surface area contributed by atoms with Crippen molar-refractivity contribution in [3.05, 3.63) is 12.1 Å². The van der Waals surface area contributed by atoms with E-state index in [0.717, 1.165) is 18.1 Å². The van der Waals surface area contributed by atoms with Crippen LogP contribution in [0.15, 0.2) is 12.1 Å². The van der Waals surface area contributed by atoms with E-state index in [-0.39, 0.29) is 5.60 Å². The Hall–Kier alpha value is -1.10. The summed E-state index contributed by atoms with van der Waals surface area (Å²) >= 11 is 1.82. The molecule has 1 aromatic rings. The average Bonchev–Trinajstić information content (AvgIpc) is 2.27. The molecule has 0 aliphatic rings. The third-order valence-electron chi connectivity index (χ3n) is 2.30. The van der Waals surface area contributed by atoms with Gasteiger partial charge in [0, 0.05) is 19.3 Å². The minimum Gasteiger partial charge on any atom is -0.470 e. The van der Waals surface area contributed by atoms with Gasteiger partial charge >= 0.3 is 0 Å². The van der Waals surface area contributed by atoms with Crippen molar-refractivity contribution in [2.75, 3.05) is 36.2 Å². The van der Waals surface area contributed by atoms with E-state index in [2.05, 4.69) is 16.1 Å². The van der Waals surface area contributed by atoms with Gasteiger partial charge in [-0.3, -0.25) is 0 Å². The van der Waals surface area contributed by atoms with Gasteiger partial charge in [0.1, 0.15) is 11.4 Å². The monoisotopic (exact) mass is 269 g/mol. The van der Waals surface area contributed by atoms with Crippen molar-refractivity contribution in [3.8, 4) is 5.88 Å². The fraction of sp³-hybridized carbons (Fsp3) is 0.615. The predicted octanol–water partition coefficient (Wildman–Crippen LogP) is 2.64. The molecule has 0 atom stereocenters. The van der Waals surface area contributed by atoms with Crippen LogP contribution in [0.5, 0.6) is 5.88 Å². The lowest BCUT2D eigenvalue weighted by Crippen LogP contribution is -2.26. The number of aromatic nitrogens is 1. The summed E-state index contributed by atoms with van der Waals surface area (Å²) in [5, 5.41) is 0. The molecule has 18 heavy (non-hydrogen) atoms. The van der Waals surface area contributed by atoms with Gasteiger partial charge in [0.05, 0.1) is 5.69 Å². The van der Waals surface area contributed by atoms with Crippen molar-refractivity contribution < 1.29 is 4.74 Å². The van der Waals surface area contributed by atoms with Gasteiger partial charge < -0.3 is 15.4 Å². The number of nitrogens with zero attached hydrogens (tertiary/aromatic N) is 2. The SMILES string of the molecule is CSCCN(C)c1ccc(N)c(OC(C)(C)C)n1. The van der Waals surface area contributed by atoms with Crippen molar-refractivity contribution in [2.45, 2.75) is 26.4 Å². The van der Waals surface area contributed by atoms with Crippen LogP contribution in [0.2, 0.25) is 0 Å². The Balaban J connectivity index is 2.86. The van der Waals surface area contributed by atoms with E-state index in [1.165, 1.54) is 0 Å². The fourth-order valence-electron chi connectivity index (χ4n) is 1.37. The molecule has 0 aromatic carbocycles. The van der Waals surface area contributed by atoms with Crippen LogP contribution in [0, 0.1) is 0 Å². The normalized spacial score (nSPS) is 11.4. The fourth-order valence-corrected chi connectivity index (χ4v) is 1.83. The molecule has 0 aliphatic carbocycles. The first-order valence-corrected chi connectivity index (χ1v) is 7.38. The summed E-state index contributed by atoms with van der Waals surface area (Å²) in [5.41, 5.74) is 6.17. The summed E-state index contributed by atoms with van der Waals surface area (Å²) in [5.74, 6) is 2.46. The van der Waals surface area contributed by atoms with Crippen molar-refractivity contribution >= 4 is 23.3 Å². The number of anilines is 2. The minimum atomic E-state index is -0.294. The molecule has 0 radical (unpaired) electrons. The molecule has 0 bridgehead atoms. The van der Waals surface area contributed by atoms with Crippen LogP contribution in [0.4, 0.5) is 11.5 Å². The highest BCUT2D eigenvalue weighted by Crippen LogP contribution is 2.26. The summed E-state index contributed by atoms with van der Waals surface area (Å²) < 4.78 is 5.76. The van der Waals surface area contributed by atoms with Gasteiger partial charge in [0.2, 0.25) is 5.88 Å². The number of rotatable bonds is 5. The summed E-state index contributed by atoms with van der Waals surface area (Å²) in [6.07, 6.45) is 2.10. The molecule has 0 aliphatic heterocycles. The van der Waals surface area contributed by atoms with Crippen LogP contribution < -0.4 is 15.4 Å². The van der Waals surface area contributed by atoms with Gasteiger partial charge in [0.25, 0.3) is 0 Å². The molecule has 0 spiro atoms. The molecule has 0 saturated carbocycles. The molecule has 5 heteroatoms. The zero-order valence-electron chi connectivity index (χ0n) is 11.9. The summed E-state index contributed by atoms with van der Waals surface area (Å²) in [6.45, 7) is 6.90. The standard InChI is InChI=1S/C13H23N3OS/c1-13(2,3)17-12-10(14)6-7-11(15-12)16(4)8-9-18-5/h6-7H,8-9,14H2,1-5H3. The molecule has 1 heterocycles. The van der Waals surface area contributed by atoms with Crippen molar-refractivity contribution in [2.24, 2.45) is 0 Å². The topological polar surface area (TPSA) is 51.4 Å². The lowest BCUT2D eigenvalue weighted by atomic mass is 10.2. The molecule has 2 N–H and O–H groups in total. The Labute approximate surface area is 114 Å². The molecule has 0 saturated heterocycles. The number of hydrogen-bond acceptors (Lipinski definition) is 5. The summed E-state index contributed by atoms with van der Waals surface area (Å²) in [4.78, 5) is 6.58. The molecule has 0 unspecified atom stereocenters. The second-order valence-electron chi connectivity index (χ2n) is 5.19. The molecule has 102 valence electrons. The van der Waals surface area contributed by atoms with E-state index in [0.29, 0.717) is 11.6 Å². The highest BCUT2D eigenvalue weighted by Gasteiger charge is 2.16. The average molecular weight is 269 g/mol. The highest BCUT2D eigenvalue weighted by atomic mass is 32.2. The number of ether oxygens (including phenoxy) is 1. The maximum absolute atomic E-state index is 5.89. The van der Waals surface area contributed by atoms with Gasteiger partial charge in [-0.15, -0.1) is 0 Å². The highest BCUT2D eigenvalue weighted by molar-refractivity contribution is 7.98. The molecule has 4 nitrogen and oxygen atoms in total. The lowest BCUT2D eigenvalue weighted by molar-refractivity contribution is 0.125. The summed E-state index contributed by atoms with van der Waals surface area (Å²) in [7, 11) is 2.02. The van der Waals surface area contributed by atoms with Gasteiger partial charge in [-0.2, -0.15) is 16.7 Å². The Morgan fingerprint density at radius 1 is 1.39 bits per heavy atom. The Kier molecular flexibility index (Phi) is 5.14. The first-order valence-electron chi connectivity index (χ1n) is 5.99. The number of nitrogen functional groups attached to an aromatic ring is 1. The number of hydrogen-bond donors (Lipinski definition) is 1. The Morgan fingerprint density at radius 3 is 2.61 bits per heavy atom. The van der Waals surface area contributed by atoms with Crippen LogP contribution in [0.1, 0.15) is 20.8 Å². The minimum absolute atomic E-state index is 0.294. The third-order valence-corrected chi connectivity index (χ3v) is 2.89. The van der Waals surface area contributed by atoms with Gasteiger partial charge in [0.15, 0.2) is 0 Å². The zero-order chi connectivity index (χ0) is 13.8. The summed E-state index contributed by atoms with van der Waals surface area (Å²) in [6, 6.07) is 3.77. The Bertz CT molecular complexity index is 390. The maximum atomic E-state index is 5.89. The molecular formula is C13H23N3OS. The van der Waals surface area contributed by atoms with E-state index in [4.69, 9.17) is 10.5 Å². The van der Waals surface area contributed by atoms with Gasteiger partial charge in [-0.25, -0.2) is 0 Å². The quantitative estimate of drug-likeness (QED) is 0.890. The van der Waals surface area contributed by atoms with Crippen molar-refractivity contribution in [1.29, 1.82) is 0 Å². The predicted molar refractivity (Wildman–Crippen MR) is 80.7 cm³/mol. The zero-order valence-corrected chi connectivity index (χ0v) is 12.7. The second kappa shape index (κ2) is 6.18. The molecule has 1 rings (SSSR count). The van der Waals surface area contributed by atoms with Crippen LogP contribution in [-0.2, 0) is 0 Å². The van der Waals surface area contributed by atoms with Crippen LogP contribution in [0.25, 0.3) is 0 Å². The van der Waals surface area contributed by atoms with Gasteiger partial charge in [-0.05, 0) is 39.2 Å². The van der Waals surface area contributed by atoms with Crippen LogP contribution in [-0.4, -0.2) is 36.2 Å². The first kappa shape index (κ1) is 15.0. The van der Waals surface area contributed by atoms with Crippen molar-refractivity contribution in [1.82, 2.24) is 4.98 Å². The Morgan fingerprint density at radius 2 is 2.06 bits per heavy atom. The number of nitrogens with two attached hydrogens (primary N) is 1. The molecule has 0 amide bonds. The van der Waals surface area contributed by atoms with E-state index in [1.807, 2.05) is 51.7 Å². The van der Waals surface area contributed by atoms with Gasteiger partial charge in [-0.1, -0.05) is 0 Å². The van der Waals surface area contributed by atoms with Crippen molar-refractivity contribution in [3.63, 3.8) is 0 Å². The molecule has 0 fully saturated rings. The number of pyridine rings is 1. The third kappa shape index (κ3) is 4.64. The van der Waals surface area contributed by atoms with E-state index in [9.17, 15) is 0 Å². The van der Waals surface area contributed by atoms with E-state index in [1.54, 1.807) is 0 Å². The molecular weight excluding hydrogens is 246 g/mol. The lowest BCUT2D eigenvalue weighted by Gasteiger charge is -2.23. The smallest absolute Gasteiger partial charge is 0.239 e. The van der Waals surface area contributed by atoms with E-state index < -0.39 is 0 Å². The second-order valence-corrected chi connectivity index (χ2v) is 6.18. The van der Waals surface area contributed by atoms with E-state index >= 15 is 0 Å². The maximum Gasteiger partial charge on any atom is 0.239 e. The largest absolute Gasteiger partial charge is 0.470 e. The first-order chi connectivity index (χ1) is 8.33. The molecule has 1 aromatic heterocycles. The number of thioether (sulfide) groups is 1.